The molecule has 108 valence electrons. The first kappa shape index (κ1) is 14.6. The normalized spacial score (nSPS) is 19.6. The first-order chi connectivity index (χ1) is 9.44. The zero-order chi connectivity index (χ0) is 14.6. The van der Waals surface area contributed by atoms with E-state index in [0.717, 1.165) is 19.5 Å². The number of amides is 1. The number of likely N-dealkylation sites (tertiary alicyclic amines) is 1. The molecule has 0 aromatic heterocycles. The van der Waals surface area contributed by atoms with Crippen LogP contribution in [0.2, 0.25) is 0 Å². The highest BCUT2D eigenvalue weighted by molar-refractivity contribution is 5.68. The number of carbonyl (C=O) groups is 1. The van der Waals surface area contributed by atoms with Crippen LogP contribution in [0.5, 0.6) is 0 Å². The summed E-state index contributed by atoms with van der Waals surface area (Å²) in [7, 11) is 0. The third kappa shape index (κ3) is 4.41. The average molecular weight is 273 g/mol. The van der Waals surface area contributed by atoms with E-state index >= 15 is 0 Å². The van der Waals surface area contributed by atoms with Gasteiger partial charge < -0.3 is 9.64 Å². The van der Waals surface area contributed by atoms with E-state index in [9.17, 15) is 4.79 Å². The summed E-state index contributed by atoms with van der Waals surface area (Å²) in [5.74, 6) is 0.419. The number of carbonyl (C=O) groups excluding carboxylic acids is 1. The molecule has 1 heterocycles. The van der Waals surface area contributed by atoms with Crippen LogP contribution in [-0.2, 0) is 4.74 Å². The molecular formula is C17H23NO2. The number of ether oxygens (including phenoxy) is 1. The highest BCUT2D eigenvalue weighted by atomic mass is 16.6. The van der Waals surface area contributed by atoms with Crippen LogP contribution >= 0.6 is 0 Å². The van der Waals surface area contributed by atoms with Crippen molar-refractivity contribution in [3.8, 4) is 0 Å². The van der Waals surface area contributed by atoms with Crippen LogP contribution in [-0.4, -0.2) is 29.7 Å². The van der Waals surface area contributed by atoms with Crippen molar-refractivity contribution in [2.75, 3.05) is 13.1 Å². The zero-order valence-corrected chi connectivity index (χ0v) is 12.5. The van der Waals surface area contributed by atoms with E-state index in [0.29, 0.717) is 5.92 Å². The zero-order valence-electron chi connectivity index (χ0n) is 12.5. The lowest BCUT2D eigenvalue weighted by molar-refractivity contribution is 0.0291. The molecule has 2 rings (SSSR count). The van der Waals surface area contributed by atoms with E-state index < -0.39 is 5.60 Å². The quantitative estimate of drug-likeness (QED) is 0.816. The molecule has 1 aromatic carbocycles. The minimum Gasteiger partial charge on any atom is -0.444 e. The van der Waals surface area contributed by atoms with Gasteiger partial charge in [0.1, 0.15) is 5.60 Å². The van der Waals surface area contributed by atoms with Crippen LogP contribution < -0.4 is 0 Å². The lowest BCUT2D eigenvalue weighted by Crippen LogP contribution is -2.35. The fraction of sp³-hybridized carbons (Fsp3) is 0.471. The van der Waals surface area contributed by atoms with Gasteiger partial charge in [-0.2, -0.15) is 0 Å². The minimum atomic E-state index is -0.422. The van der Waals surface area contributed by atoms with Crippen molar-refractivity contribution in [2.45, 2.75) is 32.8 Å². The van der Waals surface area contributed by atoms with Gasteiger partial charge in [-0.15, -0.1) is 0 Å². The van der Waals surface area contributed by atoms with E-state index in [-0.39, 0.29) is 6.09 Å². The fourth-order valence-corrected chi connectivity index (χ4v) is 2.25. The van der Waals surface area contributed by atoms with Gasteiger partial charge in [0, 0.05) is 13.1 Å². The summed E-state index contributed by atoms with van der Waals surface area (Å²) in [6.07, 6.45) is 5.12. The van der Waals surface area contributed by atoms with E-state index in [2.05, 4.69) is 24.3 Å². The van der Waals surface area contributed by atoms with Crippen LogP contribution in [0, 0.1) is 5.92 Å². The Kier molecular flexibility index (Phi) is 4.48. The van der Waals surface area contributed by atoms with Crippen molar-refractivity contribution in [2.24, 2.45) is 5.92 Å². The number of nitrogens with zero attached hydrogens (tertiary/aromatic N) is 1. The Morgan fingerprint density at radius 2 is 2.00 bits per heavy atom. The summed E-state index contributed by atoms with van der Waals surface area (Å²) in [6.45, 7) is 7.21. The summed E-state index contributed by atoms with van der Waals surface area (Å²) in [6, 6.07) is 10.2. The van der Waals surface area contributed by atoms with E-state index in [1.165, 1.54) is 5.56 Å². The second-order valence-corrected chi connectivity index (χ2v) is 6.24. The molecule has 0 saturated carbocycles. The predicted octanol–water partition coefficient (Wildman–Crippen LogP) is 3.96. The standard InChI is InChI=1S/C17H23NO2/c1-17(2,3)20-16(19)18-12-11-15(13-18)10-9-14-7-5-4-6-8-14/h4-10,15H,11-13H2,1-3H3/t15-/m1/s1. The van der Waals surface area contributed by atoms with Crippen molar-refractivity contribution in [3.63, 3.8) is 0 Å². The monoisotopic (exact) mass is 273 g/mol. The average Bonchev–Trinajstić information content (AvgIpc) is 2.84. The Bertz CT molecular complexity index is 474. The second-order valence-electron chi connectivity index (χ2n) is 6.24. The highest BCUT2D eigenvalue weighted by Crippen LogP contribution is 2.21. The van der Waals surface area contributed by atoms with Crippen molar-refractivity contribution < 1.29 is 9.53 Å². The van der Waals surface area contributed by atoms with Gasteiger partial charge in [0.25, 0.3) is 0 Å². The Balaban J connectivity index is 1.86. The van der Waals surface area contributed by atoms with Crippen molar-refractivity contribution in [3.05, 3.63) is 42.0 Å². The SMILES string of the molecule is CC(C)(C)OC(=O)N1CC[C@@H](C=Cc2ccccc2)C1. The molecule has 0 N–H and O–H groups in total. The molecule has 1 atom stereocenters. The first-order valence-electron chi connectivity index (χ1n) is 7.15. The van der Waals surface area contributed by atoms with Gasteiger partial charge in [-0.05, 0) is 38.7 Å². The van der Waals surface area contributed by atoms with E-state index in [1.807, 2.05) is 39.0 Å². The summed E-state index contributed by atoms with van der Waals surface area (Å²) >= 11 is 0. The highest BCUT2D eigenvalue weighted by Gasteiger charge is 2.28. The molecule has 3 heteroatoms. The second kappa shape index (κ2) is 6.12. The largest absolute Gasteiger partial charge is 0.444 e. The molecule has 20 heavy (non-hydrogen) atoms. The Hall–Kier alpha value is -1.77. The Labute approximate surface area is 121 Å². The first-order valence-corrected chi connectivity index (χ1v) is 7.15. The number of benzene rings is 1. The summed E-state index contributed by atoms with van der Waals surface area (Å²) < 4.78 is 5.40. The summed E-state index contributed by atoms with van der Waals surface area (Å²) in [5.41, 5.74) is 0.776. The van der Waals surface area contributed by atoms with E-state index in [4.69, 9.17) is 4.74 Å². The molecule has 1 aliphatic rings. The maximum absolute atomic E-state index is 12.0. The van der Waals surface area contributed by atoms with Gasteiger partial charge in [0.05, 0.1) is 0 Å². The molecule has 0 aliphatic carbocycles. The van der Waals surface area contributed by atoms with Gasteiger partial charge in [0.2, 0.25) is 0 Å². The molecule has 1 aromatic rings. The molecule has 0 spiro atoms. The third-order valence-electron chi connectivity index (χ3n) is 3.24. The molecule has 0 radical (unpaired) electrons. The number of hydrogen-bond acceptors (Lipinski definition) is 2. The van der Waals surface area contributed by atoms with Crippen LogP contribution in [0.1, 0.15) is 32.8 Å². The molecule has 1 aliphatic heterocycles. The van der Waals surface area contributed by atoms with Crippen LogP contribution in [0.25, 0.3) is 6.08 Å². The van der Waals surface area contributed by atoms with Crippen LogP contribution in [0.4, 0.5) is 4.79 Å². The topological polar surface area (TPSA) is 29.5 Å². The lowest BCUT2D eigenvalue weighted by atomic mass is 10.1. The molecule has 0 bridgehead atoms. The maximum atomic E-state index is 12.0. The molecule has 1 fully saturated rings. The molecule has 1 saturated heterocycles. The lowest BCUT2D eigenvalue weighted by Gasteiger charge is -2.24. The third-order valence-corrected chi connectivity index (χ3v) is 3.24. The van der Waals surface area contributed by atoms with Gasteiger partial charge in [-0.1, -0.05) is 42.5 Å². The Morgan fingerprint density at radius 3 is 2.65 bits per heavy atom. The van der Waals surface area contributed by atoms with Crippen LogP contribution in [0.15, 0.2) is 36.4 Å². The van der Waals surface area contributed by atoms with Gasteiger partial charge >= 0.3 is 6.09 Å². The Morgan fingerprint density at radius 1 is 1.30 bits per heavy atom. The van der Waals surface area contributed by atoms with Crippen LogP contribution in [0.3, 0.4) is 0 Å². The van der Waals surface area contributed by atoms with Crippen molar-refractivity contribution in [1.29, 1.82) is 0 Å². The fourth-order valence-electron chi connectivity index (χ4n) is 2.25. The number of hydrogen-bond donors (Lipinski definition) is 0. The van der Waals surface area contributed by atoms with Crippen molar-refractivity contribution in [1.82, 2.24) is 4.90 Å². The number of rotatable bonds is 2. The molecular weight excluding hydrogens is 250 g/mol. The van der Waals surface area contributed by atoms with Gasteiger partial charge in [0.15, 0.2) is 0 Å². The van der Waals surface area contributed by atoms with E-state index in [1.54, 1.807) is 4.90 Å². The van der Waals surface area contributed by atoms with Crippen molar-refractivity contribution >= 4 is 12.2 Å². The minimum absolute atomic E-state index is 0.201. The summed E-state index contributed by atoms with van der Waals surface area (Å²) in [5, 5.41) is 0. The predicted molar refractivity (Wildman–Crippen MR) is 81.4 cm³/mol. The molecule has 1 amide bonds. The molecule has 3 nitrogen and oxygen atoms in total. The molecule has 0 unspecified atom stereocenters. The van der Waals surface area contributed by atoms with Gasteiger partial charge in [-0.3, -0.25) is 0 Å². The maximum Gasteiger partial charge on any atom is 0.410 e. The summed E-state index contributed by atoms with van der Waals surface area (Å²) in [4.78, 5) is 13.8. The smallest absolute Gasteiger partial charge is 0.410 e. The van der Waals surface area contributed by atoms with Gasteiger partial charge in [-0.25, -0.2) is 4.79 Å².